The Morgan fingerprint density at radius 3 is 1.71 bits per heavy atom. The van der Waals surface area contributed by atoms with Gasteiger partial charge in [0.15, 0.2) is 18.7 Å². The SMILES string of the molecule is CC/C=C/C=C/C=C/CCCCCCCC(=O)OC(COC(=O)CCCCCC/C=C/CCCC)CO[C@@H]1O[C@H](CO[C@@H]2O[C@H](CO)[C@H](O)C(O)C2O)[C@H](O)C(O)C1O. The molecule has 0 amide bonds. The normalized spacial score (nSPS) is 28.3. The van der Waals surface area contributed by atoms with Gasteiger partial charge in [0, 0.05) is 12.8 Å². The first-order valence-electron chi connectivity index (χ1n) is 21.8. The zero-order chi connectivity index (χ0) is 43.3. The number of allylic oxidation sites excluding steroid dienone is 8. The predicted molar refractivity (Wildman–Crippen MR) is 220 cm³/mol. The van der Waals surface area contributed by atoms with E-state index in [0.29, 0.717) is 12.8 Å². The monoisotopic (exact) mass is 843 g/mol. The Labute approximate surface area is 350 Å². The average molecular weight is 843 g/mol. The fourth-order valence-corrected chi connectivity index (χ4v) is 6.43. The Hall–Kier alpha value is -2.54. The van der Waals surface area contributed by atoms with Crippen molar-refractivity contribution in [2.75, 3.05) is 26.4 Å². The van der Waals surface area contributed by atoms with Crippen molar-refractivity contribution in [3.63, 3.8) is 0 Å². The molecule has 340 valence electrons. The molecule has 11 atom stereocenters. The number of aliphatic hydroxyl groups is 7. The molecule has 59 heavy (non-hydrogen) atoms. The van der Waals surface area contributed by atoms with Gasteiger partial charge in [-0.15, -0.1) is 0 Å². The van der Waals surface area contributed by atoms with Crippen LogP contribution in [0.5, 0.6) is 0 Å². The van der Waals surface area contributed by atoms with Crippen molar-refractivity contribution in [1.29, 1.82) is 0 Å². The van der Waals surface area contributed by atoms with Crippen LogP contribution < -0.4 is 0 Å². The smallest absolute Gasteiger partial charge is 0.306 e. The fourth-order valence-electron chi connectivity index (χ4n) is 6.43. The first-order valence-corrected chi connectivity index (χ1v) is 21.8. The highest BCUT2D eigenvalue weighted by Gasteiger charge is 2.47. The maximum Gasteiger partial charge on any atom is 0.306 e. The molecule has 7 N–H and O–H groups in total. The predicted octanol–water partition coefficient (Wildman–Crippen LogP) is 3.98. The maximum absolute atomic E-state index is 12.9. The Bertz CT molecular complexity index is 1220. The van der Waals surface area contributed by atoms with Gasteiger partial charge >= 0.3 is 11.9 Å². The third-order valence-electron chi connectivity index (χ3n) is 10.1. The van der Waals surface area contributed by atoms with E-state index in [9.17, 15) is 45.3 Å². The second-order valence-corrected chi connectivity index (χ2v) is 15.2. The van der Waals surface area contributed by atoms with Gasteiger partial charge in [0.2, 0.25) is 0 Å². The highest BCUT2D eigenvalue weighted by atomic mass is 16.7. The van der Waals surface area contributed by atoms with E-state index in [4.69, 9.17) is 28.4 Å². The van der Waals surface area contributed by atoms with Gasteiger partial charge in [0.1, 0.15) is 55.4 Å². The van der Waals surface area contributed by atoms with Gasteiger partial charge in [-0.1, -0.05) is 107 Å². The molecule has 15 nitrogen and oxygen atoms in total. The first-order chi connectivity index (χ1) is 28.5. The van der Waals surface area contributed by atoms with Crippen LogP contribution >= 0.6 is 0 Å². The lowest BCUT2D eigenvalue weighted by Gasteiger charge is -2.42. The lowest BCUT2D eigenvalue weighted by atomic mass is 9.98. The van der Waals surface area contributed by atoms with Crippen LogP contribution in [0.3, 0.4) is 0 Å². The van der Waals surface area contributed by atoms with Crippen molar-refractivity contribution in [3.05, 3.63) is 48.6 Å². The molecule has 0 aliphatic carbocycles. The fraction of sp³-hybridized carbons (Fsp3) is 0.773. The summed E-state index contributed by atoms with van der Waals surface area (Å²) in [6.45, 7) is 2.33. The lowest BCUT2D eigenvalue weighted by molar-refractivity contribution is -0.332. The van der Waals surface area contributed by atoms with Crippen LogP contribution in [0, 0.1) is 0 Å². The minimum absolute atomic E-state index is 0.138. The summed E-state index contributed by atoms with van der Waals surface area (Å²) in [6, 6.07) is 0. The maximum atomic E-state index is 12.9. The molecule has 0 aromatic heterocycles. The summed E-state index contributed by atoms with van der Waals surface area (Å²) in [5.41, 5.74) is 0. The number of ether oxygens (including phenoxy) is 6. The van der Waals surface area contributed by atoms with Crippen molar-refractivity contribution < 1.29 is 73.8 Å². The van der Waals surface area contributed by atoms with Crippen LogP contribution in [0.2, 0.25) is 0 Å². The van der Waals surface area contributed by atoms with Gasteiger partial charge in [0.25, 0.3) is 0 Å². The number of unbranched alkanes of at least 4 members (excludes halogenated alkanes) is 11. The highest BCUT2D eigenvalue weighted by molar-refractivity contribution is 5.70. The van der Waals surface area contributed by atoms with E-state index in [1.807, 2.05) is 24.3 Å². The van der Waals surface area contributed by atoms with Crippen molar-refractivity contribution in [2.24, 2.45) is 0 Å². The molecule has 2 aliphatic heterocycles. The van der Waals surface area contributed by atoms with Crippen molar-refractivity contribution in [2.45, 2.75) is 191 Å². The van der Waals surface area contributed by atoms with Crippen molar-refractivity contribution >= 4 is 11.9 Å². The quantitative estimate of drug-likeness (QED) is 0.0227. The summed E-state index contributed by atoms with van der Waals surface area (Å²) in [7, 11) is 0. The van der Waals surface area contributed by atoms with Crippen LogP contribution in [0.15, 0.2) is 48.6 Å². The largest absolute Gasteiger partial charge is 0.462 e. The van der Waals surface area contributed by atoms with Gasteiger partial charge in [-0.2, -0.15) is 0 Å². The Balaban J connectivity index is 1.89. The topological polar surface area (TPSA) is 231 Å². The standard InChI is InChI=1S/C44H74O15/c1-3-5-7-9-11-13-15-16-17-19-21-23-25-27-36(47)57-32(29-54-35(46)26-24-22-20-18-14-12-10-8-6-4-2)30-55-43-42(53)40(51)38(49)34(59-43)31-56-44-41(52)39(50)37(48)33(28-45)58-44/h5,7,9-13,15,32-34,37-45,48-53H,3-4,6,8,14,16-31H2,1-2H3/b7-5+,11-9+,12-10+,15-13+/t32?,33-,34-,37+,38+,39?,40?,41?,42?,43-,44-/m1/s1. The third-order valence-corrected chi connectivity index (χ3v) is 10.1. The Kier molecular flexibility index (Phi) is 28.7. The van der Waals surface area contributed by atoms with Gasteiger partial charge in [-0.3, -0.25) is 9.59 Å². The van der Waals surface area contributed by atoms with E-state index in [1.165, 1.54) is 12.8 Å². The molecular formula is C44H74O15. The Morgan fingerprint density at radius 1 is 0.559 bits per heavy atom. The zero-order valence-electron chi connectivity index (χ0n) is 35.2. The van der Waals surface area contributed by atoms with Gasteiger partial charge in [-0.25, -0.2) is 0 Å². The minimum Gasteiger partial charge on any atom is -0.462 e. The number of carbonyl (C=O) groups is 2. The van der Waals surface area contributed by atoms with E-state index in [1.54, 1.807) is 0 Å². The molecule has 0 aromatic carbocycles. The number of carbonyl (C=O) groups excluding carboxylic acids is 2. The van der Waals surface area contributed by atoms with Crippen LogP contribution in [0.4, 0.5) is 0 Å². The van der Waals surface area contributed by atoms with E-state index in [-0.39, 0.29) is 19.4 Å². The summed E-state index contributed by atoms with van der Waals surface area (Å²) in [4.78, 5) is 25.5. The molecular weight excluding hydrogens is 768 g/mol. The van der Waals surface area contributed by atoms with Gasteiger partial charge < -0.3 is 64.2 Å². The summed E-state index contributed by atoms with van der Waals surface area (Å²) >= 11 is 0. The van der Waals surface area contributed by atoms with Gasteiger partial charge in [-0.05, 0) is 51.4 Å². The average Bonchev–Trinajstić information content (AvgIpc) is 3.23. The molecule has 0 aromatic rings. The zero-order valence-corrected chi connectivity index (χ0v) is 35.2. The first kappa shape index (κ1) is 52.6. The summed E-state index contributed by atoms with van der Waals surface area (Å²) in [5.74, 6) is -0.973. The number of hydrogen-bond donors (Lipinski definition) is 7. The van der Waals surface area contributed by atoms with Crippen LogP contribution in [0.25, 0.3) is 0 Å². The van der Waals surface area contributed by atoms with E-state index in [0.717, 1.165) is 70.6 Å². The third kappa shape index (κ3) is 21.7. The highest BCUT2D eigenvalue weighted by Crippen LogP contribution is 2.26. The van der Waals surface area contributed by atoms with Crippen LogP contribution in [0.1, 0.15) is 123 Å². The van der Waals surface area contributed by atoms with E-state index in [2.05, 4.69) is 38.2 Å². The molecule has 2 rings (SSSR count). The summed E-state index contributed by atoms with van der Waals surface area (Å²) < 4.78 is 33.3. The second-order valence-electron chi connectivity index (χ2n) is 15.2. The number of rotatable bonds is 31. The molecule has 2 saturated heterocycles. The summed E-state index contributed by atoms with van der Waals surface area (Å²) in [5, 5.41) is 71.7. The molecule has 2 fully saturated rings. The van der Waals surface area contributed by atoms with Crippen LogP contribution in [-0.2, 0) is 38.0 Å². The molecule has 5 unspecified atom stereocenters. The molecule has 15 heteroatoms. The van der Waals surface area contributed by atoms with Crippen LogP contribution in [-0.4, -0.2) is 142 Å². The van der Waals surface area contributed by atoms with E-state index >= 15 is 0 Å². The minimum atomic E-state index is -1.77. The van der Waals surface area contributed by atoms with E-state index < -0.39 is 99.3 Å². The number of esters is 2. The molecule has 0 radical (unpaired) electrons. The molecule has 0 saturated carbocycles. The number of hydrogen-bond acceptors (Lipinski definition) is 15. The van der Waals surface area contributed by atoms with Crippen molar-refractivity contribution in [1.82, 2.24) is 0 Å². The lowest BCUT2D eigenvalue weighted by Crippen LogP contribution is -2.61. The molecule has 0 bridgehead atoms. The Morgan fingerprint density at radius 2 is 1.08 bits per heavy atom. The molecule has 2 aliphatic rings. The molecule has 2 heterocycles. The summed E-state index contributed by atoms with van der Waals surface area (Å²) in [6.07, 6.45) is 14.6. The molecule has 0 spiro atoms. The number of aliphatic hydroxyl groups excluding tert-OH is 7. The van der Waals surface area contributed by atoms with Crippen molar-refractivity contribution in [3.8, 4) is 0 Å². The second kappa shape index (κ2) is 32.2. The van der Waals surface area contributed by atoms with Gasteiger partial charge in [0.05, 0.1) is 19.8 Å².